The SMILES string of the molecule is c1ccc(-c2cn(-c3cccc(-c4ccc5oc6ccccc6c5c4)c3)c3ccccc23)cc1. The average Bonchev–Trinajstić information content (AvgIpc) is 3.48. The fourth-order valence-corrected chi connectivity index (χ4v) is 4.98. The third-order valence-corrected chi connectivity index (χ3v) is 6.63. The number of aromatic nitrogens is 1. The molecule has 5 aromatic carbocycles. The Morgan fingerprint density at radius 1 is 0.471 bits per heavy atom. The van der Waals surface area contributed by atoms with Gasteiger partial charge in [-0.3, -0.25) is 0 Å². The van der Waals surface area contributed by atoms with Gasteiger partial charge in [0.15, 0.2) is 0 Å². The smallest absolute Gasteiger partial charge is 0.135 e. The highest BCUT2D eigenvalue weighted by molar-refractivity contribution is 6.06. The van der Waals surface area contributed by atoms with E-state index in [2.05, 4.69) is 120 Å². The third-order valence-electron chi connectivity index (χ3n) is 6.63. The fraction of sp³-hybridized carbons (Fsp3) is 0. The maximum Gasteiger partial charge on any atom is 0.135 e. The quantitative estimate of drug-likeness (QED) is 0.271. The van der Waals surface area contributed by atoms with Gasteiger partial charge in [-0.25, -0.2) is 0 Å². The van der Waals surface area contributed by atoms with E-state index in [1.165, 1.54) is 33.2 Å². The second-order valence-electron chi connectivity index (χ2n) is 8.66. The first-order valence-corrected chi connectivity index (χ1v) is 11.5. The maximum absolute atomic E-state index is 6.03. The van der Waals surface area contributed by atoms with Crippen molar-refractivity contribution in [3.05, 3.63) is 128 Å². The molecule has 0 saturated carbocycles. The Kier molecular flexibility index (Phi) is 4.18. The van der Waals surface area contributed by atoms with E-state index in [1.807, 2.05) is 12.1 Å². The number of rotatable bonds is 3. The van der Waals surface area contributed by atoms with Crippen LogP contribution < -0.4 is 0 Å². The van der Waals surface area contributed by atoms with Crippen LogP contribution in [0.3, 0.4) is 0 Å². The molecule has 0 aliphatic rings. The van der Waals surface area contributed by atoms with Crippen molar-refractivity contribution in [2.45, 2.75) is 0 Å². The lowest BCUT2D eigenvalue weighted by Gasteiger charge is -2.09. The van der Waals surface area contributed by atoms with Crippen molar-refractivity contribution in [3.8, 4) is 27.9 Å². The fourth-order valence-electron chi connectivity index (χ4n) is 4.98. The van der Waals surface area contributed by atoms with E-state index in [9.17, 15) is 0 Å². The molecule has 2 aromatic heterocycles. The number of hydrogen-bond donors (Lipinski definition) is 0. The molecule has 0 bridgehead atoms. The Balaban J connectivity index is 1.39. The van der Waals surface area contributed by atoms with Crippen LogP contribution in [0, 0.1) is 0 Å². The molecule has 0 unspecified atom stereocenters. The van der Waals surface area contributed by atoms with Crippen molar-refractivity contribution < 1.29 is 4.42 Å². The van der Waals surface area contributed by atoms with E-state index >= 15 is 0 Å². The third kappa shape index (κ3) is 2.96. The highest BCUT2D eigenvalue weighted by atomic mass is 16.3. The van der Waals surface area contributed by atoms with Gasteiger partial charge in [-0.15, -0.1) is 0 Å². The van der Waals surface area contributed by atoms with E-state index in [4.69, 9.17) is 4.42 Å². The monoisotopic (exact) mass is 435 g/mol. The zero-order chi connectivity index (χ0) is 22.5. The number of hydrogen-bond acceptors (Lipinski definition) is 1. The molecular weight excluding hydrogens is 414 g/mol. The molecule has 0 amide bonds. The van der Waals surface area contributed by atoms with Crippen LogP contribution in [-0.4, -0.2) is 4.57 Å². The number of benzene rings is 5. The summed E-state index contributed by atoms with van der Waals surface area (Å²) in [5.74, 6) is 0. The van der Waals surface area contributed by atoms with Crippen molar-refractivity contribution in [3.63, 3.8) is 0 Å². The number of para-hydroxylation sites is 2. The highest BCUT2D eigenvalue weighted by Crippen LogP contribution is 2.35. The zero-order valence-electron chi connectivity index (χ0n) is 18.5. The van der Waals surface area contributed by atoms with E-state index in [0.29, 0.717) is 0 Å². The maximum atomic E-state index is 6.03. The summed E-state index contributed by atoms with van der Waals surface area (Å²) in [6, 6.07) is 42.7. The summed E-state index contributed by atoms with van der Waals surface area (Å²) in [6.07, 6.45) is 2.26. The van der Waals surface area contributed by atoms with Crippen molar-refractivity contribution in [2.75, 3.05) is 0 Å². The van der Waals surface area contributed by atoms with Crippen molar-refractivity contribution in [1.82, 2.24) is 4.57 Å². The second kappa shape index (κ2) is 7.50. The summed E-state index contributed by atoms with van der Waals surface area (Å²) >= 11 is 0. The Bertz CT molecular complexity index is 1800. The molecule has 0 aliphatic carbocycles. The summed E-state index contributed by atoms with van der Waals surface area (Å²) in [6.45, 7) is 0. The first kappa shape index (κ1) is 19.0. The number of furan rings is 1. The molecule has 160 valence electrons. The molecule has 2 heterocycles. The van der Waals surface area contributed by atoms with Gasteiger partial charge in [0.25, 0.3) is 0 Å². The van der Waals surface area contributed by atoms with Gasteiger partial charge in [0.2, 0.25) is 0 Å². The second-order valence-corrected chi connectivity index (χ2v) is 8.66. The lowest BCUT2D eigenvalue weighted by atomic mass is 10.0. The predicted octanol–water partition coefficient (Wildman–Crippen LogP) is 8.86. The first-order chi connectivity index (χ1) is 16.8. The van der Waals surface area contributed by atoms with Crippen LogP contribution in [0.5, 0.6) is 0 Å². The zero-order valence-corrected chi connectivity index (χ0v) is 18.5. The molecule has 0 spiro atoms. The van der Waals surface area contributed by atoms with E-state index in [-0.39, 0.29) is 0 Å². The molecule has 0 saturated heterocycles. The molecule has 7 rings (SSSR count). The first-order valence-electron chi connectivity index (χ1n) is 11.5. The minimum Gasteiger partial charge on any atom is -0.456 e. The van der Waals surface area contributed by atoms with Gasteiger partial charge in [0.05, 0.1) is 5.52 Å². The molecule has 0 N–H and O–H groups in total. The van der Waals surface area contributed by atoms with Gasteiger partial charge < -0.3 is 8.98 Å². The molecule has 2 nitrogen and oxygen atoms in total. The van der Waals surface area contributed by atoms with Crippen molar-refractivity contribution in [2.24, 2.45) is 0 Å². The molecule has 2 heteroatoms. The van der Waals surface area contributed by atoms with Gasteiger partial charge in [-0.05, 0) is 53.1 Å². The van der Waals surface area contributed by atoms with Gasteiger partial charge >= 0.3 is 0 Å². The lowest BCUT2D eigenvalue weighted by Crippen LogP contribution is -1.92. The molecule has 0 fully saturated rings. The Morgan fingerprint density at radius 2 is 1.18 bits per heavy atom. The molecule has 0 atom stereocenters. The Morgan fingerprint density at radius 3 is 2.09 bits per heavy atom. The van der Waals surface area contributed by atoms with E-state index in [0.717, 1.165) is 27.6 Å². The van der Waals surface area contributed by atoms with Gasteiger partial charge in [0.1, 0.15) is 11.2 Å². The summed E-state index contributed by atoms with van der Waals surface area (Å²) in [4.78, 5) is 0. The topological polar surface area (TPSA) is 18.1 Å². The van der Waals surface area contributed by atoms with Crippen LogP contribution in [0.25, 0.3) is 60.8 Å². The molecule has 7 aromatic rings. The largest absolute Gasteiger partial charge is 0.456 e. The minimum absolute atomic E-state index is 0.921. The van der Waals surface area contributed by atoms with Crippen LogP contribution >= 0.6 is 0 Å². The molecule has 0 radical (unpaired) electrons. The minimum atomic E-state index is 0.921. The van der Waals surface area contributed by atoms with Crippen LogP contribution in [0.2, 0.25) is 0 Å². The summed E-state index contributed by atoms with van der Waals surface area (Å²) < 4.78 is 8.32. The van der Waals surface area contributed by atoms with E-state index in [1.54, 1.807) is 0 Å². The van der Waals surface area contributed by atoms with Crippen LogP contribution in [-0.2, 0) is 0 Å². The van der Waals surface area contributed by atoms with Gasteiger partial charge in [0, 0.05) is 33.6 Å². The average molecular weight is 436 g/mol. The van der Waals surface area contributed by atoms with Crippen LogP contribution in [0.1, 0.15) is 0 Å². The normalized spacial score (nSPS) is 11.5. The molecular formula is C32H21NO. The summed E-state index contributed by atoms with van der Waals surface area (Å²) in [5, 5.41) is 3.56. The van der Waals surface area contributed by atoms with Crippen LogP contribution in [0.15, 0.2) is 132 Å². The predicted molar refractivity (Wildman–Crippen MR) is 141 cm³/mol. The van der Waals surface area contributed by atoms with Crippen LogP contribution in [0.4, 0.5) is 0 Å². The molecule has 0 aliphatic heterocycles. The van der Waals surface area contributed by atoms with Gasteiger partial charge in [-0.1, -0.05) is 84.9 Å². The van der Waals surface area contributed by atoms with Gasteiger partial charge in [-0.2, -0.15) is 0 Å². The van der Waals surface area contributed by atoms with Crippen molar-refractivity contribution >= 4 is 32.8 Å². The number of nitrogens with zero attached hydrogens (tertiary/aromatic N) is 1. The van der Waals surface area contributed by atoms with Crippen molar-refractivity contribution in [1.29, 1.82) is 0 Å². The lowest BCUT2D eigenvalue weighted by molar-refractivity contribution is 0.669. The molecule has 34 heavy (non-hydrogen) atoms. The Labute approximate surface area is 197 Å². The summed E-state index contributed by atoms with van der Waals surface area (Å²) in [5.41, 5.74) is 9.03. The Hall–Kier alpha value is -4.56. The standard InChI is InChI=1S/C32H21NO/c1-2-9-22(10-3-1)29-21-33(30-15-6-4-13-26(29)30)25-12-8-11-23(19-25)24-17-18-32-28(20-24)27-14-5-7-16-31(27)34-32/h1-21H. The van der Waals surface area contributed by atoms with E-state index < -0.39 is 0 Å². The highest BCUT2D eigenvalue weighted by Gasteiger charge is 2.12. The number of fused-ring (bicyclic) bond motifs is 4. The summed E-state index contributed by atoms with van der Waals surface area (Å²) in [7, 11) is 0.